The maximum absolute atomic E-state index is 12.7. The second-order valence-electron chi connectivity index (χ2n) is 7.80. The van der Waals surface area contributed by atoms with Crippen molar-refractivity contribution < 1.29 is 4.79 Å². The summed E-state index contributed by atoms with van der Waals surface area (Å²) in [5.74, 6) is 0.127. The number of hydrogen-bond acceptors (Lipinski definition) is 3. The van der Waals surface area contributed by atoms with Crippen molar-refractivity contribution in [1.29, 1.82) is 0 Å². The topological polar surface area (TPSA) is 35.6 Å². The third-order valence-electron chi connectivity index (χ3n) is 5.77. The number of carbonyl (C=O) groups excluding carboxylic acids is 1. The van der Waals surface area contributed by atoms with E-state index in [2.05, 4.69) is 66.2 Å². The zero-order chi connectivity index (χ0) is 19.9. The molecule has 1 heterocycles. The third kappa shape index (κ3) is 5.14. The van der Waals surface area contributed by atoms with Crippen LogP contribution in [0.4, 0.5) is 5.69 Å². The largest absolute Gasteiger partial charge is 0.369 e. The van der Waals surface area contributed by atoms with Gasteiger partial charge in [-0.3, -0.25) is 9.69 Å². The van der Waals surface area contributed by atoms with Crippen LogP contribution in [0.15, 0.2) is 48.5 Å². The van der Waals surface area contributed by atoms with Gasteiger partial charge in [0.1, 0.15) is 0 Å². The lowest BCUT2D eigenvalue weighted by Gasteiger charge is -2.37. The molecule has 2 aromatic rings. The molecule has 0 spiro atoms. The van der Waals surface area contributed by atoms with E-state index in [1.807, 2.05) is 18.2 Å². The second-order valence-corrected chi connectivity index (χ2v) is 7.80. The lowest BCUT2D eigenvalue weighted by molar-refractivity contribution is -0.123. The molecule has 4 heteroatoms. The second kappa shape index (κ2) is 9.74. The molecule has 0 bridgehead atoms. The SMILES string of the molecule is CCC[C@@H](NC(=O)CN1CCN(c2cccc(C)c2C)CC1)c1ccccc1. The average molecular weight is 380 g/mol. The fourth-order valence-electron chi connectivity index (χ4n) is 3.96. The van der Waals surface area contributed by atoms with Crippen LogP contribution in [0, 0.1) is 13.8 Å². The number of benzene rings is 2. The van der Waals surface area contributed by atoms with Crippen LogP contribution in [0.25, 0.3) is 0 Å². The number of nitrogens with one attached hydrogen (secondary N) is 1. The molecule has 4 nitrogen and oxygen atoms in total. The predicted octanol–water partition coefficient (Wildman–Crippen LogP) is 4.08. The summed E-state index contributed by atoms with van der Waals surface area (Å²) in [4.78, 5) is 17.4. The highest BCUT2D eigenvalue weighted by Gasteiger charge is 2.21. The smallest absolute Gasteiger partial charge is 0.234 e. The number of piperazine rings is 1. The van der Waals surface area contributed by atoms with Gasteiger partial charge in [0.25, 0.3) is 0 Å². The number of amides is 1. The minimum atomic E-state index is 0.106. The molecule has 0 radical (unpaired) electrons. The van der Waals surface area contributed by atoms with Crippen molar-refractivity contribution in [2.24, 2.45) is 0 Å². The van der Waals surface area contributed by atoms with Crippen molar-refractivity contribution in [2.45, 2.75) is 39.7 Å². The zero-order valence-corrected chi connectivity index (χ0v) is 17.4. The van der Waals surface area contributed by atoms with Crippen LogP contribution in [-0.2, 0) is 4.79 Å². The molecule has 3 rings (SSSR count). The molecule has 1 amide bonds. The first-order valence-corrected chi connectivity index (χ1v) is 10.5. The molecule has 2 aromatic carbocycles. The molecule has 1 N–H and O–H groups in total. The van der Waals surface area contributed by atoms with Crippen LogP contribution in [0.3, 0.4) is 0 Å². The van der Waals surface area contributed by atoms with Gasteiger partial charge in [-0.15, -0.1) is 0 Å². The molecule has 1 atom stereocenters. The molecule has 0 aliphatic carbocycles. The first kappa shape index (κ1) is 20.4. The molecular formula is C24H33N3O. The Kier molecular flexibility index (Phi) is 7.10. The van der Waals surface area contributed by atoms with Gasteiger partial charge in [0, 0.05) is 31.9 Å². The Balaban J connectivity index is 1.52. The maximum atomic E-state index is 12.7. The standard InChI is InChI=1S/C24H33N3O/c1-4-9-22(21-11-6-5-7-12-21)25-24(28)18-26-14-16-27(17-15-26)23-13-8-10-19(2)20(23)3/h5-8,10-13,22H,4,9,14-18H2,1-3H3,(H,25,28)/t22-/m1/s1. The van der Waals surface area contributed by atoms with Gasteiger partial charge in [-0.1, -0.05) is 55.8 Å². The van der Waals surface area contributed by atoms with Crippen LogP contribution in [0.2, 0.25) is 0 Å². The van der Waals surface area contributed by atoms with E-state index in [4.69, 9.17) is 0 Å². The molecule has 1 fully saturated rings. The van der Waals surface area contributed by atoms with E-state index in [0.717, 1.165) is 39.0 Å². The van der Waals surface area contributed by atoms with Gasteiger partial charge in [-0.25, -0.2) is 0 Å². The Morgan fingerprint density at radius 3 is 2.39 bits per heavy atom. The summed E-state index contributed by atoms with van der Waals surface area (Å²) < 4.78 is 0. The highest BCUT2D eigenvalue weighted by atomic mass is 16.2. The number of carbonyl (C=O) groups is 1. The fourth-order valence-corrected chi connectivity index (χ4v) is 3.96. The highest BCUT2D eigenvalue weighted by Crippen LogP contribution is 2.24. The van der Waals surface area contributed by atoms with Crippen molar-refractivity contribution in [1.82, 2.24) is 10.2 Å². The quantitative estimate of drug-likeness (QED) is 0.787. The van der Waals surface area contributed by atoms with Crippen LogP contribution in [0.5, 0.6) is 0 Å². The van der Waals surface area contributed by atoms with Crippen LogP contribution < -0.4 is 10.2 Å². The number of rotatable bonds is 7. The Labute approximate surface area is 169 Å². The Morgan fingerprint density at radius 2 is 1.71 bits per heavy atom. The molecule has 1 aliphatic rings. The number of anilines is 1. The Hall–Kier alpha value is -2.33. The monoisotopic (exact) mass is 379 g/mol. The van der Waals surface area contributed by atoms with E-state index in [0.29, 0.717) is 6.54 Å². The normalized spacial score (nSPS) is 16.0. The Morgan fingerprint density at radius 1 is 1.00 bits per heavy atom. The lowest BCUT2D eigenvalue weighted by atomic mass is 10.0. The van der Waals surface area contributed by atoms with Crippen molar-refractivity contribution in [2.75, 3.05) is 37.6 Å². The minimum absolute atomic E-state index is 0.106. The zero-order valence-electron chi connectivity index (χ0n) is 17.4. The summed E-state index contributed by atoms with van der Waals surface area (Å²) in [5, 5.41) is 3.25. The molecule has 0 saturated carbocycles. The summed E-state index contributed by atoms with van der Waals surface area (Å²) in [6, 6.07) is 16.9. The van der Waals surface area contributed by atoms with Gasteiger partial charge in [0.15, 0.2) is 0 Å². The third-order valence-corrected chi connectivity index (χ3v) is 5.77. The molecule has 0 unspecified atom stereocenters. The van der Waals surface area contributed by atoms with Gasteiger partial charge in [0.05, 0.1) is 12.6 Å². The van der Waals surface area contributed by atoms with E-state index in [9.17, 15) is 4.79 Å². The van der Waals surface area contributed by atoms with Crippen molar-refractivity contribution >= 4 is 11.6 Å². The van der Waals surface area contributed by atoms with E-state index >= 15 is 0 Å². The van der Waals surface area contributed by atoms with E-state index < -0.39 is 0 Å². The van der Waals surface area contributed by atoms with Crippen molar-refractivity contribution in [3.63, 3.8) is 0 Å². The average Bonchev–Trinajstić information content (AvgIpc) is 2.71. The summed E-state index contributed by atoms with van der Waals surface area (Å²) in [7, 11) is 0. The van der Waals surface area contributed by atoms with E-state index in [1.165, 1.54) is 22.4 Å². The fraction of sp³-hybridized carbons (Fsp3) is 0.458. The summed E-state index contributed by atoms with van der Waals surface area (Å²) >= 11 is 0. The van der Waals surface area contributed by atoms with E-state index in [-0.39, 0.29) is 11.9 Å². The van der Waals surface area contributed by atoms with Gasteiger partial charge < -0.3 is 10.2 Å². The molecule has 1 aliphatic heterocycles. The molecule has 0 aromatic heterocycles. The lowest BCUT2D eigenvalue weighted by Crippen LogP contribution is -2.50. The van der Waals surface area contributed by atoms with Crippen LogP contribution in [0.1, 0.15) is 42.5 Å². The predicted molar refractivity (Wildman–Crippen MR) is 117 cm³/mol. The molecular weight excluding hydrogens is 346 g/mol. The van der Waals surface area contributed by atoms with Gasteiger partial charge in [-0.2, -0.15) is 0 Å². The molecule has 28 heavy (non-hydrogen) atoms. The van der Waals surface area contributed by atoms with Crippen LogP contribution in [-0.4, -0.2) is 43.5 Å². The summed E-state index contributed by atoms with van der Waals surface area (Å²) in [6.45, 7) is 10.8. The minimum Gasteiger partial charge on any atom is -0.369 e. The number of hydrogen-bond donors (Lipinski definition) is 1. The number of aryl methyl sites for hydroxylation is 1. The number of nitrogens with zero attached hydrogens (tertiary/aromatic N) is 2. The van der Waals surface area contributed by atoms with Gasteiger partial charge in [0.2, 0.25) is 5.91 Å². The van der Waals surface area contributed by atoms with E-state index in [1.54, 1.807) is 0 Å². The summed E-state index contributed by atoms with van der Waals surface area (Å²) in [6.07, 6.45) is 2.02. The van der Waals surface area contributed by atoms with Crippen molar-refractivity contribution in [3.8, 4) is 0 Å². The summed E-state index contributed by atoms with van der Waals surface area (Å²) in [5.41, 5.74) is 5.22. The van der Waals surface area contributed by atoms with Gasteiger partial charge >= 0.3 is 0 Å². The Bertz CT molecular complexity index is 767. The molecule has 1 saturated heterocycles. The van der Waals surface area contributed by atoms with Crippen molar-refractivity contribution in [3.05, 3.63) is 65.2 Å². The van der Waals surface area contributed by atoms with Gasteiger partial charge in [-0.05, 0) is 43.0 Å². The maximum Gasteiger partial charge on any atom is 0.234 e. The van der Waals surface area contributed by atoms with Crippen LogP contribution >= 0.6 is 0 Å². The first-order valence-electron chi connectivity index (χ1n) is 10.5. The first-order chi connectivity index (χ1) is 13.6. The highest BCUT2D eigenvalue weighted by molar-refractivity contribution is 5.78. The molecule has 150 valence electrons.